The van der Waals surface area contributed by atoms with Crippen molar-refractivity contribution in [3.8, 4) is 0 Å². The Hall–Kier alpha value is -3.10. The van der Waals surface area contributed by atoms with Crippen LogP contribution in [0.2, 0.25) is 0 Å². The molecule has 4 aromatic rings. The first-order chi connectivity index (χ1) is 15.1. The van der Waals surface area contributed by atoms with E-state index in [1.807, 2.05) is 36.4 Å². The Morgan fingerprint density at radius 1 is 0.935 bits per heavy atom. The van der Waals surface area contributed by atoms with Crippen molar-refractivity contribution in [2.75, 3.05) is 0 Å². The van der Waals surface area contributed by atoms with Crippen LogP contribution in [0.3, 0.4) is 0 Å². The van der Waals surface area contributed by atoms with Gasteiger partial charge >= 0.3 is 4.87 Å². The first kappa shape index (κ1) is 18.7. The van der Waals surface area contributed by atoms with E-state index in [0.717, 1.165) is 32.7 Å². The number of benzene rings is 2. The fraction of sp³-hybridized carbons (Fsp3) is 0.174. The minimum absolute atomic E-state index is 0.164. The highest BCUT2D eigenvalue weighted by atomic mass is 32.2. The Balaban J connectivity index is 1.56. The molecule has 0 spiro atoms. The molecule has 6 nitrogen and oxygen atoms in total. The molecule has 0 saturated carbocycles. The number of imide groups is 1. The Morgan fingerprint density at radius 3 is 2.55 bits per heavy atom. The topological polar surface area (TPSA) is 84.0 Å². The molecular weight excluding hydrogens is 430 g/mol. The maximum absolute atomic E-state index is 12.8. The number of nitrogens with zero attached hydrogens (tertiary/aromatic N) is 1. The Bertz CT molecular complexity index is 1400. The lowest BCUT2D eigenvalue weighted by Crippen LogP contribution is -2.31. The molecule has 2 amide bonds. The van der Waals surface area contributed by atoms with Crippen LogP contribution in [0.25, 0.3) is 10.9 Å². The average molecular weight is 448 g/mol. The number of H-pyrrole nitrogens is 1. The van der Waals surface area contributed by atoms with Gasteiger partial charge in [0.1, 0.15) is 5.25 Å². The quantitative estimate of drug-likeness (QED) is 0.472. The van der Waals surface area contributed by atoms with E-state index in [-0.39, 0.29) is 22.6 Å². The predicted molar refractivity (Wildman–Crippen MR) is 121 cm³/mol. The molecule has 0 bridgehead atoms. The summed E-state index contributed by atoms with van der Waals surface area (Å²) in [4.78, 5) is 41.0. The molecule has 0 unspecified atom stereocenters. The van der Waals surface area contributed by atoms with Gasteiger partial charge in [0.2, 0.25) is 11.8 Å². The van der Waals surface area contributed by atoms with Crippen LogP contribution in [0.4, 0.5) is 0 Å². The van der Waals surface area contributed by atoms with Gasteiger partial charge in [-0.05, 0) is 17.2 Å². The lowest BCUT2D eigenvalue weighted by molar-refractivity contribution is -0.125. The van der Waals surface area contributed by atoms with Crippen LogP contribution < -0.4 is 10.2 Å². The summed E-state index contributed by atoms with van der Waals surface area (Å²) in [5.41, 5.74) is 3.21. The largest absolute Gasteiger partial charge is 0.343 e. The molecule has 154 valence electrons. The number of hydrogen-bond acceptors (Lipinski definition) is 5. The van der Waals surface area contributed by atoms with E-state index in [2.05, 4.69) is 39.3 Å². The van der Waals surface area contributed by atoms with Crippen LogP contribution in [-0.2, 0) is 16.1 Å². The summed E-state index contributed by atoms with van der Waals surface area (Å²) >= 11 is 2.42. The molecule has 0 aliphatic carbocycles. The Kier molecular flexibility index (Phi) is 4.19. The second-order valence-corrected chi connectivity index (χ2v) is 9.98. The second kappa shape index (κ2) is 6.96. The molecule has 2 aromatic heterocycles. The highest BCUT2D eigenvalue weighted by molar-refractivity contribution is 8.00. The van der Waals surface area contributed by atoms with Gasteiger partial charge < -0.3 is 9.55 Å². The van der Waals surface area contributed by atoms with Crippen molar-refractivity contribution in [3.63, 3.8) is 0 Å². The highest BCUT2D eigenvalue weighted by Gasteiger charge is 2.52. The van der Waals surface area contributed by atoms with Gasteiger partial charge in [-0.2, -0.15) is 0 Å². The summed E-state index contributed by atoms with van der Waals surface area (Å²) in [6.45, 7) is 0.693. The second-order valence-electron chi connectivity index (χ2n) is 7.82. The van der Waals surface area contributed by atoms with Crippen molar-refractivity contribution < 1.29 is 9.59 Å². The molecule has 8 heteroatoms. The summed E-state index contributed by atoms with van der Waals surface area (Å²) < 4.78 is 2.18. The van der Waals surface area contributed by atoms with Crippen LogP contribution in [0.15, 0.2) is 70.6 Å². The van der Waals surface area contributed by atoms with Crippen molar-refractivity contribution >= 4 is 45.8 Å². The number of thiazole rings is 1. The minimum Gasteiger partial charge on any atom is -0.343 e. The van der Waals surface area contributed by atoms with Crippen molar-refractivity contribution in [2.45, 2.75) is 22.7 Å². The molecule has 31 heavy (non-hydrogen) atoms. The van der Waals surface area contributed by atoms with Crippen molar-refractivity contribution in [2.24, 2.45) is 5.92 Å². The van der Waals surface area contributed by atoms with E-state index in [1.165, 1.54) is 17.3 Å². The number of aromatic nitrogens is 2. The first-order valence-corrected chi connectivity index (χ1v) is 11.7. The van der Waals surface area contributed by atoms with E-state index in [0.29, 0.717) is 11.6 Å². The number of thioether (sulfide) groups is 1. The number of amides is 2. The standard InChI is InChI=1S/C23H17N3O3S2/c27-20-17-16(19-22(25-23(29)31-19)30-18(17)21(28)24-20)14-11-26(10-12-6-2-1-3-7-12)15-9-5-4-8-13(14)15/h1-9,11,16-18H,10H2,(H,25,29)(H,24,27,28)/t16-,17-,18-/m1/s1. The van der Waals surface area contributed by atoms with Gasteiger partial charge in [-0.15, -0.1) is 0 Å². The van der Waals surface area contributed by atoms with Gasteiger partial charge in [0.25, 0.3) is 0 Å². The molecule has 6 rings (SSSR count). The highest BCUT2D eigenvalue weighted by Crippen LogP contribution is 2.52. The van der Waals surface area contributed by atoms with Gasteiger partial charge in [0.15, 0.2) is 0 Å². The smallest absolute Gasteiger partial charge is 0.305 e. The van der Waals surface area contributed by atoms with Crippen molar-refractivity contribution in [1.29, 1.82) is 0 Å². The SMILES string of the molecule is O=C1NC(=O)[C@@H]2Sc3[nH]c(=O)sc3[C@H](c3cn(Cc4ccccc4)c4ccccc34)[C@@H]12. The third-order valence-corrected chi connectivity index (χ3v) is 8.43. The molecular formula is C23H17N3O3S2. The number of carbonyl (C=O) groups excluding carboxylic acids is 2. The molecule has 2 aliphatic rings. The van der Waals surface area contributed by atoms with E-state index in [4.69, 9.17) is 0 Å². The molecule has 2 aliphatic heterocycles. The van der Waals surface area contributed by atoms with Gasteiger partial charge in [-0.1, -0.05) is 71.6 Å². The van der Waals surface area contributed by atoms with Gasteiger partial charge in [0.05, 0.1) is 10.9 Å². The van der Waals surface area contributed by atoms with E-state index < -0.39 is 11.2 Å². The van der Waals surface area contributed by atoms with Crippen LogP contribution in [0.1, 0.15) is 21.9 Å². The summed E-state index contributed by atoms with van der Waals surface area (Å²) in [6, 6.07) is 18.3. The lowest BCUT2D eigenvalue weighted by Gasteiger charge is -2.29. The lowest BCUT2D eigenvalue weighted by atomic mass is 9.83. The molecule has 2 aromatic carbocycles. The Morgan fingerprint density at radius 2 is 1.71 bits per heavy atom. The zero-order valence-electron chi connectivity index (χ0n) is 16.2. The van der Waals surface area contributed by atoms with Crippen molar-refractivity contribution in [3.05, 3.63) is 86.5 Å². The average Bonchev–Trinajstić information content (AvgIpc) is 3.41. The van der Waals surface area contributed by atoms with Crippen LogP contribution >= 0.6 is 23.1 Å². The van der Waals surface area contributed by atoms with Crippen LogP contribution in [0, 0.1) is 5.92 Å². The van der Waals surface area contributed by atoms with E-state index in [1.54, 1.807) is 0 Å². The number of para-hydroxylation sites is 1. The van der Waals surface area contributed by atoms with Crippen molar-refractivity contribution in [1.82, 2.24) is 14.9 Å². The molecule has 2 N–H and O–H groups in total. The third kappa shape index (κ3) is 2.90. The number of nitrogens with one attached hydrogen (secondary N) is 2. The summed E-state index contributed by atoms with van der Waals surface area (Å²) in [5, 5.41) is 3.70. The van der Waals surface area contributed by atoms with E-state index in [9.17, 15) is 14.4 Å². The zero-order chi connectivity index (χ0) is 21.1. The first-order valence-electron chi connectivity index (χ1n) is 9.96. The molecule has 1 saturated heterocycles. The summed E-state index contributed by atoms with van der Waals surface area (Å²) in [7, 11) is 0. The number of rotatable bonds is 3. The van der Waals surface area contributed by atoms with Gasteiger partial charge in [-0.3, -0.25) is 19.7 Å². The monoisotopic (exact) mass is 447 g/mol. The maximum Gasteiger partial charge on any atom is 0.305 e. The van der Waals surface area contributed by atoms with Gasteiger partial charge in [-0.25, -0.2) is 0 Å². The fourth-order valence-electron chi connectivity index (χ4n) is 4.71. The summed E-state index contributed by atoms with van der Waals surface area (Å²) in [5.74, 6) is -1.43. The number of carbonyl (C=O) groups is 2. The maximum atomic E-state index is 12.8. The predicted octanol–water partition coefficient (Wildman–Crippen LogP) is 3.32. The molecule has 1 fully saturated rings. The molecule has 0 radical (unpaired) electrons. The third-order valence-electron chi connectivity index (χ3n) is 6.01. The van der Waals surface area contributed by atoms with E-state index >= 15 is 0 Å². The summed E-state index contributed by atoms with van der Waals surface area (Å²) in [6.07, 6.45) is 2.08. The van der Waals surface area contributed by atoms with Gasteiger partial charge in [0, 0.05) is 34.4 Å². The molecule has 4 heterocycles. The van der Waals surface area contributed by atoms with Crippen LogP contribution in [-0.4, -0.2) is 26.6 Å². The number of hydrogen-bond donors (Lipinski definition) is 2. The zero-order valence-corrected chi connectivity index (χ0v) is 17.8. The Labute approximate surface area is 185 Å². The fourth-order valence-corrected chi connectivity index (χ4v) is 7.18. The van der Waals surface area contributed by atoms with Crippen LogP contribution in [0.5, 0.6) is 0 Å². The number of aromatic amines is 1. The number of fused-ring (bicyclic) bond motifs is 3. The normalized spacial score (nSPS) is 22.4. The minimum atomic E-state index is -0.536. The molecule has 3 atom stereocenters.